The molecule has 1 aliphatic rings. The van der Waals surface area contributed by atoms with Gasteiger partial charge in [-0.05, 0) is 11.8 Å². The number of nitrogens with one attached hydrogen (secondary N) is 1. The molecule has 1 unspecified atom stereocenters. The molecule has 1 fully saturated rings. The molecule has 1 atom stereocenters. The molecule has 6 heteroatoms. The Hall–Kier alpha value is -1.40. The highest BCUT2D eigenvalue weighted by Crippen LogP contribution is 2.27. The predicted octanol–water partition coefficient (Wildman–Crippen LogP) is 1.97. The number of hydrogen-bond acceptors (Lipinski definition) is 5. The molecular formula is C16H28N4O2. The number of carbonyl (C=O) groups is 1. The van der Waals surface area contributed by atoms with Crippen LogP contribution in [0.4, 0.5) is 5.88 Å². The molecule has 1 aromatic heterocycles. The van der Waals surface area contributed by atoms with Gasteiger partial charge in [-0.15, -0.1) is 0 Å². The predicted molar refractivity (Wildman–Crippen MR) is 86.6 cm³/mol. The zero-order chi connectivity index (χ0) is 16.5. The van der Waals surface area contributed by atoms with Crippen LogP contribution < -0.4 is 11.1 Å². The summed E-state index contributed by atoms with van der Waals surface area (Å²) in [6.07, 6.45) is 0.913. The third kappa shape index (κ3) is 4.08. The fourth-order valence-electron chi connectivity index (χ4n) is 2.69. The number of amides is 1. The molecule has 1 saturated heterocycles. The Bertz CT molecular complexity index is 530. The van der Waals surface area contributed by atoms with E-state index in [0.29, 0.717) is 12.4 Å². The molecule has 2 heterocycles. The summed E-state index contributed by atoms with van der Waals surface area (Å²) in [5.74, 6) is 0.325. The summed E-state index contributed by atoms with van der Waals surface area (Å²) in [6.45, 7) is 12.5. The lowest BCUT2D eigenvalue weighted by atomic mass is 9.80. The average molecular weight is 308 g/mol. The Kier molecular flexibility index (Phi) is 4.63. The van der Waals surface area contributed by atoms with Crippen LogP contribution in [0.3, 0.4) is 0 Å². The van der Waals surface area contributed by atoms with E-state index < -0.39 is 0 Å². The van der Waals surface area contributed by atoms with Gasteiger partial charge in [0.15, 0.2) is 0 Å². The summed E-state index contributed by atoms with van der Waals surface area (Å²) in [6, 6.07) is 1.98. The Morgan fingerprint density at radius 3 is 2.77 bits per heavy atom. The molecule has 1 aliphatic heterocycles. The van der Waals surface area contributed by atoms with Crippen LogP contribution in [0, 0.1) is 5.41 Å². The summed E-state index contributed by atoms with van der Waals surface area (Å²) in [7, 11) is 0. The van der Waals surface area contributed by atoms with Gasteiger partial charge in [0.05, 0.1) is 12.2 Å². The maximum atomic E-state index is 12.2. The van der Waals surface area contributed by atoms with Crippen molar-refractivity contribution in [2.75, 3.05) is 25.0 Å². The van der Waals surface area contributed by atoms with Gasteiger partial charge in [0.2, 0.25) is 11.8 Å². The normalized spacial score (nSPS) is 22.5. The Morgan fingerprint density at radius 1 is 1.55 bits per heavy atom. The second-order valence-corrected chi connectivity index (χ2v) is 7.97. The van der Waals surface area contributed by atoms with Crippen molar-refractivity contribution in [1.29, 1.82) is 0 Å². The molecule has 124 valence electrons. The summed E-state index contributed by atoms with van der Waals surface area (Å²) in [5, 5.41) is 6.78. The first-order valence-corrected chi connectivity index (χ1v) is 7.83. The zero-order valence-corrected chi connectivity index (χ0v) is 14.3. The number of carbonyl (C=O) groups excluding carboxylic acids is 1. The molecule has 0 radical (unpaired) electrons. The number of rotatable bonds is 3. The molecule has 3 N–H and O–H groups in total. The van der Waals surface area contributed by atoms with Crippen molar-refractivity contribution >= 4 is 11.8 Å². The van der Waals surface area contributed by atoms with Crippen LogP contribution in [0.1, 0.15) is 46.7 Å². The number of hydrogen-bond donors (Lipinski definition) is 2. The Labute approximate surface area is 132 Å². The van der Waals surface area contributed by atoms with E-state index in [1.807, 2.05) is 0 Å². The fraction of sp³-hybridized carbons (Fsp3) is 0.750. The average Bonchev–Trinajstić information content (AvgIpc) is 2.81. The molecule has 2 rings (SSSR count). The van der Waals surface area contributed by atoms with Gasteiger partial charge in [0, 0.05) is 30.6 Å². The largest absolute Gasteiger partial charge is 0.338 e. The highest BCUT2D eigenvalue weighted by Gasteiger charge is 2.34. The van der Waals surface area contributed by atoms with E-state index in [2.05, 4.69) is 50.0 Å². The zero-order valence-electron chi connectivity index (χ0n) is 14.3. The first kappa shape index (κ1) is 17.0. The number of piperidine rings is 1. The van der Waals surface area contributed by atoms with Crippen molar-refractivity contribution < 1.29 is 9.32 Å². The molecule has 1 aromatic rings. The van der Waals surface area contributed by atoms with Gasteiger partial charge in [0.25, 0.3) is 0 Å². The van der Waals surface area contributed by atoms with E-state index in [1.165, 1.54) is 0 Å². The van der Waals surface area contributed by atoms with Crippen molar-refractivity contribution in [3.05, 3.63) is 11.8 Å². The lowest BCUT2D eigenvalue weighted by molar-refractivity contribution is -0.118. The SMILES string of the molecule is CC(C)(C)c1cc(NC(=O)CN2CCC(N)C(C)(C)C2)on1. The minimum absolute atomic E-state index is 0.0319. The van der Waals surface area contributed by atoms with Crippen LogP contribution in [-0.2, 0) is 10.2 Å². The second-order valence-electron chi connectivity index (χ2n) is 7.97. The molecule has 0 spiro atoms. The van der Waals surface area contributed by atoms with E-state index in [-0.39, 0.29) is 22.8 Å². The van der Waals surface area contributed by atoms with E-state index in [1.54, 1.807) is 6.07 Å². The lowest BCUT2D eigenvalue weighted by Crippen LogP contribution is -2.53. The third-order valence-electron chi connectivity index (χ3n) is 4.30. The van der Waals surface area contributed by atoms with Crippen molar-refractivity contribution in [3.8, 4) is 0 Å². The molecule has 0 aliphatic carbocycles. The Morgan fingerprint density at radius 2 is 2.23 bits per heavy atom. The van der Waals surface area contributed by atoms with Crippen LogP contribution in [-0.4, -0.2) is 41.6 Å². The van der Waals surface area contributed by atoms with Gasteiger partial charge in [-0.1, -0.05) is 39.8 Å². The number of nitrogens with zero attached hydrogens (tertiary/aromatic N) is 2. The van der Waals surface area contributed by atoms with Crippen LogP contribution in [0.5, 0.6) is 0 Å². The van der Waals surface area contributed by atoms with E-state index >= 15 is 0 Å². The molecule has 22 heavy (non-hydrogen) atoms. The maximum absolute atomic E-state index is 12.2. The second kappa shape index (κ2) is 6.01. The molecule has 0 aromatic carbocycles. The first-order valence-electron chi connectivity index (χ1n) is 7.83. The molecule has 0 bridgehead atoms. The van der Waals surface area contributed by atoms with Crippen molar-refractivity contribution in [3.63, 3.8) is 0 Å². The van der Waals surface area contributed by atoms with Crippen LogP contribution >= 0.6 is 0 Å². The van der Waals surface area contributed by atoms with Gasteiger partial charge >= 0.3 is 0 Å². The van der Waals surface area contributed by atoms with E-state index in [0.717, 1.165) is 25.2 Å². The van der Waals surface area contributed by atoms with Crippen molar-refractivity contribution in [2.45, 2.75) is 52.5 Å². The van der Waals surface area contributed by atoms with Crippen LogP contribution in [0.25, 0.3) is 0 Å². The minimum Gasteiger partial charge on any atom is -0.338 e. The smallest absolute Gasteiger partial charge is 0.240 e. The molecule has 0 saturated carbocycles. The van der Waals surface area contributed by atoms with E-state index in [4.69, 9.17) is 10.3 Å². The van der Waals surface area contributed by atoms with Gasteiger partial charge in [-0.25, -0.2) is 0 Å². The molecule has 1 amide bonds. The van der Waals surface area contributed by atoms with Gasteiger partial charge in [0.1, 0.15) is 0 Å². The standard InChI is InChI=1S/C16H28N4O2/c1-15(2,3)12-8-14(22-19-12)18-13(21)9-20-7-6-11(17)16(4,5)10-20/h8,11H,6-7,9-10,17H2,1-5H3,(H,18,21). The highest BCUT2D eigenvalue weighted by atomic mass is 16.5. The quantitative estimate of drug-likeness (QED) is 0.892. The highest BCUT2D eigenvalue weighted by molar-refractivity contribution is 5.91. The minimum atomic E-state index is -0.0977. The van der Waals surface area contributed by atoms with Crippen LogP contribution in [0.15, 0.2) is 10.6 Å². The number of aromatic nitrogens is 1. The van der Waals surface area contributed by atoms with Crippen molar-refractivity contribution in [2.24, 2.45) is 11.1 Å². The fourth-order valence-corrected chi connectivity index (χ4v) is 2.69. The summed E-state index contributed by atoms with van der Waals surface area (Å²) in [5.41, 5.74) is 6.88. The van der Waals surface area contributed by atoms with Gasteiger partial charge < -0.3 is 10.3 Å². The van der Waals surface area contributed by atoms with Gasteiger partial charge in [-0.2, -0.15) is 0 Å². The van der Waals surface area contributed by atoms with Crippen molar-refractivity contribution in [1.82, 2.24) is 10.1 Å². The maximum Gasteiger partial charge on any atom is 0.240 e. The molecular weight excluding hydrogens is 280 g/mol. The topological polar surface area (TPSA) is 84.4 Å². The lowest BCUT2D eigenvalue weighted by Gasteiger charge is -2.42. The Balaban J connectivity index is 1.90. The number of likely N-dealkylation sites (tertiary alicyclic amines) is 1. The third-order valence-corrected chi connectivity index (χ3v) is 4.30. The summed E-state index contributed by atoms with van der Waals surface area (Å²) >= 11 is 0. The molecule has 6 nitrogen and oxygen atoms in total. The monoisotopic (exact) mass is 308 g/mol. The van der Waals surface area contributed by atoms with Gasteiger partial charge in [-0.3, -0.25) is 15.0 Å². The first-order chi connectivity index (χ1) is 10.1. The van der Waals surface area contributed by atoms with E-state index in [9.17, 15) is 4.79 Å². The summed E-state index contributed by atoms with van der Waals surface area (Å²) in [4.78, 5) is 14.3. The van der Waals surface area contributed by atoms with Crippen LogP contribution in [0.2, 0.25) is 0 Å². The number of nitrogens with two attached hydrogens (primary N) is 1. The summed E-state index contributed by atoms with van der Waals surface area (Å²) < 4.78 is 5.19. The number of anilines is 1.